The van der Waals surface area contributed by atoms with Crippen LogP contribution in [0, 0.1) is 11.6 Å². The van der Waals surface area contributed by atoms with Crippen molar-refractivity contribution >= 4 is 23.2 Å². The van der Waals surface area contributed by atoms with Crippen molar-refractivity contribution in [1.82, 2.24) is 10.1 Å². The minimum absolute atomic E-state index is 0.154. The van der Waals surface area contributed by atoms with Gasteiger partial charge < -0.3 is 9.42 Å². The molecule has 0 saturated carbocycles. The topological polar surface area (TPSA) is 59.2 Å². The predicted octanol–water partition coefficient (Wildman–Crippen LogP) is 4.19. The minimum Gasteiger partial charge on any atom is -0.339 e. The third-order valence-corrected chi connectivity index (χ3v) is 4.49. The van der Waals surface area contributed by atoms with E-state index in [1.807, 2.05) is 0 Å². The molecule has 132 valence electrons. The number of rotatable bonds is 3. The molecule has 1 saturated heterocycles. The summed E-state index contributed by atoms with van der Waals surface area (Å²) < 4.78 is 31.8. The van der Waals surface area contributed by atoms with Gasteiger partial charge in [0.25, 0.3) is 0 Å². The van der Waals surface area contributed by atoms with Crippen molar-refractivity contribution in [3.63, 3.8) is 0 Å². The van der Waals surface area contributed by atoms with Crippen molar-refractivity contribution in [3.05, 3.63) is 65.0 Å². The highest BCUT2D eigenvalue weighted by molar-refractivity contribution is 6.30. The minimum atomic E-state index is -0.999. The molecule has 26 heavy (non-hydrogen) atoms. The molecule has 0 spiro atoms. The zero-order valence-electron chi connectivity index (χ0n) is 13.3. The Morgan fingerprint density at radius 2 is 1.88 bits per heavy atom. The lowest BCUT2D eigenvalue weighted by Crippen LogP contribution is -2.24. The Morgan fingerprint density at radius 3 is 2.62 bits per heavy atom. The van der Waals surface area contributed by atoms with Gasteiger partial charge >= 0.3 is 0 Å². The Hall–Kier alpha value is -2.80. The summed E-state index contributed by atoms with van der Waals surface area (Å²) in [4.78, 5) is 18.0. The summed E-state index contributed by atoms with van der Waals surface area (Å²) in [5.41, 5.74) is 1.04. The summed E-state index contributed by atoms with van der Waals surface area (Å²) >= 11 is 5.86. The van der Waals surface area contributed by atoms with E-state index in [9.17, 15) is 13.6 Å². The molecular formula is C18H12ClF2N3O2. The number of anilines is 1. The first-order valence-corrected chi connectivity index (χ1v) is 8.24. The van der Waals surface area contributed by atoms with E-state index in [0.29, 0.717) is 22.4 Å². The second kappa shape index (κ2) is 6.49. The summed E-state index contributed by atoms with van der Waals surface area (Å²) in [6.07, 6.45) is 0.154. The fourth-order valence-corrected chi connectivity index (χ4v) is 3.02. The number of hydrogen-bond acceptors (Lipinski definition) is 4. The average Bonchev–Trinajstić information content (AvgIpc) is 3.25. The van der Waals surface area contributed by atoms with E-state index < -0.39 is 11.6 Å². The van der Waals surface area contributed by atoms with Gasteiger partial charge in [-0.3, -0.25) is 4.79 Å². The molecule has 3 aromatic rings. The molecule has 0 N–H and O–H groups in total. The lowest BCUT2D eigenvalue weighted by atomic mass is 10.1. The van der Waals surface area contributed by atoms with Crippen molar-refractivity contribution in [2.75, 3.05) is 11.4 Å². The number of aromatic nitrogens is 2. The van der Waals surface area contributed by atoms with E-state index in [0.717, 1.165) is 17.7 Å². The fraction of sp³-hybridized carbons (Fsp3) is 0.167. The lowest BCUT2D eigenvalue weighted by Gasteiger charge is -2.16. The fourth-order valence-electron chi connectivity index (χ4n) is 2.89. The molecule has 1 unspecified atom stereocenters. The highest BCUT2D eigenvalue weighted by Gasteiger charge is 2.35. The quantitative estimate of drug-likeness (QED) is 0.688. The maximum atomic E-state index is 13.4. The molecule has 0 aliphatic carbocycles. The molecule has 4 rings (SSSR count). The first-order chi connectivity index (χ1) is 12.5. The smallest absolute Gasteiger partial charge is 0.232 e. The van der Waals surface area contributed by atoms with Crippen LogP contribution in [0.2, 0.25) is 5.02 Å². The summed E-state index contributed by atoms with van der Waals surface area (Å²) in [5, 5.41) is 4.54. The monoisotopic (exact) mass is 375 g/mol. The highest BCUT2D eigenvalue weighted by atomic mass is 35.5. The normalized spacial score (nSPS) is 17.1. The van der Waals surface area contributed by atoms with Gasteiger partial charge in [0.1, 0.15) is 0 Å². The molecule has 2 aromatic carbocycles. The average molecular weight is 376 g/mol. The van der Waals surface area contributed by atoms with Crippen molar-refractivity contribution in [1.29, 1.82) is 0 Å². The molecule has 5 nitrogen and oxygen atoms in total. The second-order valence-corrected chi connectivity index (χ2v) is 6.40. The van der Waals surface area contributed by atoms with Gasteiger partial charge in [0.2, 0.25) is 17.6 Å². The van der Waals surface area contributed by atoms with E-state index >= 15 is 0 Å². The standard InChI is InChI=1S/C18H12ClF2N3O2/c19-12-3-1-10(2-4-12)17-22-18(26-23-17)11-7-16(25)24(9-11)13-5-6-14(20)15(21)8-13/h1-6,8,11H,7,9H2. The van der Waals surface area contributed by atoms with Crippen molar-refractivity contribution in [2.24, 2.45) is 0 Å². The molecule has 0 radical (unpaired) electrons. The van der Waals surface area contributed by atoms with Gasteiger partial charge in [-0.15, -0.1) is 0 Å². The van der Waals surface area contributed by atoms with Gasteiger partial charge in [0.05, 0.1) is 5.92 Å². The Balaban J connectivity index is 1.55. The van der Waals surface area contributed by atoms with Gasteiger partial charge in [-0.05, 0) is 36.4 Å². The van der Waals surface area contributed by atoms with Gasteiger partial charge in [-0.1, -0.05) is 16.8 Å². The zero-order valence-corrected chi connectivity index (χ0v) is 14.1. The van der Waals surface area contributed by atoms with Crippen LogP contribution in [0.25, 0.3) is 11.4 Å². The molecule has 1 aliphatic rings. The highest BCUT2D eigenvalue weighted by Crippen LogP contribution is 2.32. The predicted molar refractivity (Wildman–Crippen MR) is 90.8 cm³/mol. The Labute approximate surface area is 152 Å². The number of carbonyl (C=O) groups is 1. The van der Waals surface area contributed by atoms with Crippen LogP contribution in [0.5, 0.6) is 0 Å². The number of halogens is 3. The first-order valence-electron chi connectivity index (χ1n) is 7.86. The molecule has 1 fully saturated rings. The summed E-state index contributed by atoms with van der Waals surface area (Å²) in [7, 11) is 0. The molecule has 2 heterocycles. The molecule has 1 aromatic heterocycles. The molecular weight excluding hydrogens is 364 g/mol. The van der Waals surface area contributed by atoms with Gasteiger partial charge in [0.15, 0.2) is 11.6 Å². The van der Waals surface area contributed by atoms with E-state index in [-0.39, 0.29) is 24.8 Å². The number of nitrogens with zero attached hydrogens (tertiary/aromatic N) is 3. The zero-order chi connectivity index (χ0) is 18.3. The third-order valence-electron chi connectivity index (χ3n) is 4.23. The Kier molecular flexibility index (Phi) is 4.16. The Bertz CT molecular complexity index is 975. The summed E-state index contributed by atoms with van der Waals surface area (Å²) in [5.74, 6) is -1.76. The Morgan fingerprint density at radius 1 is 1.12 bits per heavy atom. The van der Waals surface area contributed by atoms with Crippen LogP contribution in [-0.4, -0.2) is 22.6 Å². The largest absolute Gasteiger partial charge is 0.339 e. The first kappa shape index (κ1) is 16.7. The molecule has 8 heteroatoms. The lowest BCUT2D eigenvalue weighted by molar-refractivity contribution is -0.117. The molecule has 1 aliphatic heterocycles. The van der Waals surface area contributed by atoms with E-state index in [1.165, 1.54) is 11.0 Å². The SMILES string of the molecule is O=C1CC(c2nc(-c3ccc(Cl)cc3)no2)CN1c1ccc(F)c(F)c1. The second-order valence-electron chi connectivity index (χ2n) is 5.97. The number of benzene rings is 2. The van der Waals surface area contributed by atoms with Crippen molar-refractivity contribution < 1.29 is 18.1 Å². The van der Waals surface area contributed by atoms with Gasteiger partial charge in [-0.25, -0.2) is 8.78 Å². The van der Waals surface area contributed by atoms with Crippen molar-refractivity contribution in [2.45, 2.75) is 12.3 Å². The molecule has 0 bridgehead atoms. The van der Waals surface area contributed by atoms with E-state index in [4.69, 9.17) is 16.1 Å². The van der Waals surface area contributed by atoms with Crippen LogP contribution in [0.4, 0.5) is 14.5 Å². The van der Waals surface area contributed by atoms with Crippen LogP contribution in [-0.2, 0) is 4.79 Å². The molecule has 1 amide bonds. The molecule has 1 atom stereocenters. The maximum Gasteiger partial charge on any atom is 0.232 e. The van der Waals surface area contributed by atoms with E-state index in [2.05, 4.69) is 10.1 Å². The maximum absolute atomic E-state index is 13.4. The van der Waals surface area contributed by atoms with Crippen LogP contribution in [0.3, 0.4) is 0 Å². The van der Waals surface area contributed by atoms with E-state index in [1.54, 1.807) is 24.3 Å². The van der Waals surface area contributed by atoms with Crippen LogP contribution >= 0.6 is 11.6 Å². The van der Waals surface area contributed by atoms with Gasteiger partial charge in [-0.2, -0.15) is 4.98 Å². The summed E-state index contributed by atoms with van der Waals surface area (Å²) in [6.45, 7) is 0.256. The third kappa shape index (κ3) is 3.06. The van der Waals surface area contributed by atoms with Gasteiger partial charge in [0, 0.05) is 35.3 Å². The van der Waals surface area contributed by atoms with Crippen LogP contribution in [0.1, 0.15) is 18.2 Å². The summed E-state index contributed by atoms with van der Waals surface area (Å²) in [6, 6.07) is 10.3. The number of amides is 1. The number of hydrogen-bond donors (Lipinski definition) is 0. The van der Waals surface area contributed by atoms with Crippen LogP contribution < -0.4 is 4.90 Å². The number of carbonyl (C=O) groups excluding carboxylic acids is 1. The van der Waals surface area contributed by atoms with Crippen LogP contribution in [0.15, 0.2) is 47.0 Å². The van der Waals surface area contributed by atoms with Crippen molar-refractivity contribution in [3.8, 4) is 11.4 Å².